The molecule has 3 rings (SSSR count). The summed E-state index contributed by atoms with van der Waals surface area (Å²) in [4.78, 5) is 25.0. The SMILES string of the molecule is CCCNC(=O)n1nc(-c2ccc(NC(=O)C(CC)CC)cc2O)cc1C1CCCC1. The van der Waals surface area contributed by atoms with E-state index in [0.29, 0.717) is 29.4 Å². The fourth-order valence-electron chi connectivity index (χ4n) is 4.24. The second-order valence-electron chi connectivity index (χ2n) is 8.31. The van der Waals surface area contributed by atoms with E-state index in [2.05, 4.69) is 15.7 Å². The molecule has 1 aliphatic carbocycles. The molecule has 31 heavy (non-hydrogen) atoms. The minimum Gasteiger partial charge on any atom is -0.507 e. The van der Waals surface area contributed by atoms with Crippen molar-refractivity contribution < 1.29 is 14.7 Å². The van der Waals surface area contributed by atoms with Gasteiger partial charge in [0.05, 0.1) is 11.4 Å². The van der Waals surface area contributed by atoms with E-state index in [1.54, 1.807) is 18.2 Å². The molecule has 2 amide bonds. The van der Waals surface area contributed by atoms with E-state index in [4.69, 9.17) is 0 Å². The Kier molecular flexibility index (Phi) is 7.71. The quantitative estimate of drug-likeness (QED) is 0.537. The van der Waals surface area contributed by atoms with Gasteiger partial charge in [-0.15, -0.1) is 0 Å². The maximum absolute atomic E-state index is 12.7. The molecule has 0 bridgehead atoms. The molecule has 1 fully saturated rings. The van der Waals surface area contributed by atoms with Gasteiger partial charge in [-0.05, 0) is 50.3 Å². The van der Waals surface area contributed by atoms with E-state index in [9.17, 15) is 14.7 Å². The molecule has 168 valence electrons. The number of hydrogen-bond acceptors (Lipinski definition) is 4. The molecule has 0 unspecified atom stereocenters. The number of nitrogens with one attached hydrogen (secondary N) is 2. The molecule has 1 heterocycles. The molecule has 7 nitrogen and oxygen atoms in total. The van der Waals surface area contributed by atoms with Crippen molar-refractivity contribution in [2.24, 2.45) is 5.92 Å². The normalized spacial score (nSPS) is 14.2. The highest BCUT2D eigenvalue weighted by Gasteiger charge is 2.26. The fraction of sp³-hybridized carbons (Fsp3) is 0.542. The number of nitrogens with zero attached hydrogens (tertiary/aromatic N) is 2. The summed E-state index contributed by atoms with van der Waals surface area (Å²) >= 11 is 0. The Bertz CT molecular complexity index is 912. The van der Waals surface area contributed by atoms with Crippen LogP contribution < -0.4 is 10.6 Å². The van der Waals surface area contributed by atoms with Gasteiger partial charge in [-0.25, -0.2) is 4.79 Å². The number of aromatic hydroxyl groups is 1. The first-order valence-corrected chi connectivity index (χ1v) is 11.5. The molecule has 2 aromatic rings. The highest BCUT2D eigenvalue weighted by Crippen LogP contribution is 2.38. The number of hydrogen-bond donors (Lipinski definition) is 3. The zero-order valence-electron chi connectivity index (χ0n) is 18.8. The van der Waals surface area contributed by atoms with Gasteiger partial charge in [0.2, 0.25) is 5.91 Å². The van der Waals surface area contributed by atoms with Crippen LogP contribution in [0.25, 0.3) is 11.3 Å². The minimum atomic E-state index is -0.233. The Morgan fingerprint density at radius 2 is 1.87 bits per heavy atom. The van der Waals surface area contributed by atoms with E-state index in [1.807, 2.05) is 26.8 Å². The van der Waals surface area contributed by atoms with Crippen LogP contribution in [0.15, 0.2) is 24.3 Å². The number of rotatable bonds is 8. The Balaban J connectivity index is 1.87. The van der Waals surface area contributed by atoms with Crippen molar-refractivity contribution in [3.05, 3.63) is 30.0 Å². The van der Waals surface area contributed by atoms with Crippen LogP contribution >= 0.6 is 0 Å². The van der Waals surface area contributed by atoms with Gasteiger partial charge in [0.25, 0.3) is 0 Å². The molecule has 1 saturated carbocycles. The van der Waals surface area contributed by atoms with E-state index < -0.39 is 0 Å². The molecule has 1 aliphatic rings. The van der Waals surface area contributed by atoms with Crippen molar-refractivity contribution >= 4 is 17.6 Å². The summed E-state index contributed by atoms with van der Waals surface area (Å²) in [6.07, 6.45) is 6.78. The van der Waals surface area contributed by atoms with Gasteiger partial charge < -0.3 is 15.7 Å². The first-order valence-electron chi connectivity index (χ1n) is 11.5. The van der Waals surface area contributed by atoms with Crippen LogP contribution in [0.2, 0.25) is 0 Å². The number of anilines is 1. The average Bonchev–Trinajstić information content (AvgIpc) is 3.43. The van der Waals surface area contributed by atoms with Crippen LogP contribution in [0.4, 0.5) is 10.5 Å². The molecular weight excluding hydrogens is 392 g/mol. The zero-order valence-corrected chi connectivity index (χ0v) is 18.8. The Hall–Kier alpha value is -2.83. The largest absolute Gasteiger partial charge is 0.507 e. The first kappa shape index (κ1) is 22.8. The fourth-order valence-corrected chi connectivity index (χ4v) is 4.24. The van der Waals surface area contributed by atoms with Crippen LogP contribution in [0.3, 0.4) is 0 Å². The van der Waals surface area contributed by atoms with Crippen molar-refractivity contribution in [1.82, 2.24) is 15.1 Å². The number of benzene rings is 1. The van der Waals surface area contributed by atoms with Crippen molar-refractivity contribution in [3.8, 4) is 17.0 Å². The molecular formula is C24H34N4O3. The molecule has 0 saturated heterocycles. The third-order valence-electron chi connectivity index (χ3n) is 6.13. The van der Waals surface area contributed by atoms with Gasteiger partial charge in [0.15, 0.2) is 0 Å². The highest BCUT2D eigenvalue weighted by atomic mass is 16.3. The van der Waals surface area contributed by atoms with Crippen molar-refractivity contribution in [2.75, 3.05) is 11.9 Å². The summed E-state index contributed by atoms with van der Waals surface area (Å²) in [5.74, 6) is 0.235. The van der Waals surface area contributed by atoms with Crippen LogP contribution in [-0.2, 0) is 4.79 Å². The monoisotopic (exact) mass is 426 g/mol. The minimum absolute atomic E-state index is 0.0268. The summed E-state index contributed by atoms with van der Waals surface area (Å²) in [5, 5.41) is 21.0. The number of carbonyl (C=O) groups is 2. The standard InChI is InChI=1S/C24H34N4O3/c1-4-13-25-24(31)28-21(17-9-7-8-10-17)15-20(27-28)19-12-11-18(14-22(19)29)26-23(30)16(5-2)6-3/h11-12,14-17,29H,4-10,13H2,1-3H3,(H,25,31)(H,26,30). The number of aromatic nitrogens is 2. The predicted molar refractivity (Wildman–Crippen MR) is 122 cm³/mol. The molecule has 0 radical (unpaired) electrons. The second-order valence-corrected chi connectivity index (χ2v) is 8.31. The Morgan fingerprint density at radius 1 is 1.16 bits per heavy atom. The lowest BCUT2D eigenvalue weighted by atomic mass is 10.0. The van der Waals surface area contributed by atoms with Gasteiger partial charge >= 0.3 is 6.03 Å². The van der Waals surface area contributed by atoms with Gasteiger partial charge in [-0.1, -0.05) is 33.6 Å². The maximum Gasteiger partial charge on any atom is 0.342 e. The first-order chi connectivity index (χ1) is 15.0. The van der Waals surface area contributed by atoms with E-state index in [0.717, 1.165) is 50.6 Å². The number of phenolic OH excluding ortho intramolecular Hbond substituents is 1. The molecule has 0 spiro atoms. The van der Waals surface area contributed by atoms with Crippen LogP contribution in [-0.4, -0.2) is 33.4 Å². The van der Waals surface area contributed by atoms with Gasteiger partial charge in [0.1, 0.15) is 5.75 Å². The molecule has 0 atom stereocenters. The average molecular weight is 427 g/mol. The van der Waals surface area contributed by atoms with Gasteiger partial charge in [0, 0.05) is 35.7 Å². The summed E-state index contributed by atoms with van der Waals surface area (Å²) < 4.78 is 1.46. The maximum atomic E-state index is 12.7. The molecule has 0 aliphatic heterocycles. The van der Waals surface area contributed by atoms with E-state index in [-0.39, 0.29) is 23.6 Å². The van der Waals surface area contributed by atoms with E-state index >= 15 is 0 Å². The Labute approximate surface area is 184 Å². The lowest BCUT2D eigenvalue weighted by Crippen LogP contribution is -2.31. The van der Waals surface area contributed by atoms with Crippen LogP contribution in [0.5, 0.6) is 5.75 Å². The number of carbonyl (C=O) groups excluding carboxylic acids is 2. The summed E-state index contributed by atoms with van der Waals surface area (Å²) in [6, 6.07) is 6.73. The van der Waals surface area contributed by atoms with Gasteiger partial charge in [-0.2, -0.15) is 9.78 Å². The lowest BCUT2D eigenvalue weighted by molar-refractivity contribution is -0.120. The zero-order chi connectivity index (χ0) is 22.4. The number of amides is 2. The molecule has 3 N–H and O–H groups in total. The molecule has 7 heteroatoms. The third kappa shape index (κ3) is 5.27. The predicted octanol–water partition coefficient (Wildman–Crippen LogP) is 5.26. The summed E-state index contributed by atoms with van der Waals surface area (Å²) in [7, 11) is 0. The van der Waals surface area contributed by atoms with E-state index in [1.165, 1.54) is 4.68 Å². The highest BCUT2D eigenvalue weighted by molar-refractivity contribution is 5.93. The van der Waals surface area contributed by atoms with Crippen molar-refractivity contribution in [2.45, 2.75) is 71.6 Å². The van der Waals surface area contributed by atoms with Crippen LogP contribution in [0, 0.1) is 5.92 Å². The summed E-state index contributed by atoms with van der Waals surface area (Å²) in [6.45, 7) is 6.58. The molecule has 1 aromatic heterocycles. The van der Waals surface area contributed by atoms with Crippen LogP contribution in [0.1, 0.15) is 77.3 Å². The second kappa shape index (κ2) is 10.5. The topological polar surface area (TPSA) is 96.3 Å². The van der Waals surface area contributed by atoms with Crippen molar-refractivity contribution in [1.29, 1.82) is 0 Å². The number of phenols is 1. The third-order valence-corrected chi connectivity index (χ3v) is 6.13. The Morgan fingerprint density at radius 3 is 2.48 bits per heavy atom. The van der Waals surface area contributed by atoms with Crippen molar-refractivity contribution in [3.63, 3.8) is 0 Å². The smallest absolute Gasteiger partial charge is 0.342 e. The van der Waals surface area contributed by atoms with Gasteiger partial charge in [-0.3, -0.25) is 4.79 Å². The molecule has 1 aromatic carbocycles. The lowest BCUT2D eigenvalue weighted by Gasteiger charge is -2.13. The summed E-state index contributed by atoms with van der Waals surface area (Å²) in [5.41, 5.74) is 2.55.